The zero-order valence-corrected chi connectivity index (χ0v) is 11.5. The monoisotopic (exact) mass is 257 g/mol. The third-order valence-corrected chi connectivity index (χ3v) is 4.17. The molecule has 0 unspecified atom stereocenters. The van der Waals surface area contributed by atoms with Gasteiger partial charge in [0.25, 0.3) is 0 Å². The lowest BCUT2D eigenvalue weighted by Gasteiger charge is -2.08. The van der Waals surface area contributed by atoms with Crippen LogP contribution in [0.3, 0.4) is 0 Å². The molecule has 2 N–H and O–H groups in total. The van der Waals surface area contributed by atoms with Gasteiger partial charge in [-0.1, -0.05) is 23.8 Å². The predicted octanol–water partition coefficient (Wildman–Crippen LogP) is 3.57. The van der Waals surface area contributed by atoms with E-state index in [2.05, 4.69) is 44.0 Å². The van der Waals surface area contributed by atoms with Crippen molar-refractivity contribution in [3.8, 4) is 11.3 Å². The number of thiazole rings is 1. The second-order valence-corrected chi connectivity index (χ2v) is 5.81. The molecule has 0 aliphatic carbocycles. The quantitative estimate of drug-likeness (QED) is 0.724. The number of aromatic nitrogens is 2. The number of nitrogen functional groups attached to an aromatic ring is 1. The smallest absolute Gasteiger partial charge is 0.196 e. The Bertz CT molecular complexity index is 737. The van der Waals surface area contributed by atoms with Crippen LogP contribution in [-0.4, -0.2) is 9.38 Å². The molecule has 0 aliphatic rings. The molecule has 0 atom stereocenters. The number of aryl methyl sites for hydroxylation is 3. The predicted molar refractivity (Wildman–Crippen MR) is 77.1 cm³/mol. The molecule has 0 spiro atoms. The number of imidazole rings is 1. The van der Waals surface area contributed by atoms with Crippen molar-refractivity contribution in [2.75, 3.05) is 5.73 Å². The molecule has 0 amide bonds. The number of benzene rings is 1. The van der Waals surface area contributed by atoms with Crippen molar-refractivity contribution in [1.29, 1.82) is 0 Å². The molecule has 3 nitrogen and oxygen atoms in total. The van der Waals surface area contributed by atoms with Crippen LogP contribution >= 0.6 is 11.3 Å². The molecule has 18 heavy (non-hydrogen) atoms. The highest BCUT2D eigenvalue weighted by atomic mass is 32.1. The summed E-state index contributed by atoms with van der Waals surface area (Å²) < 4.78 is 2.04. The molecule has 3 aromatic rings. The normalized spacial score (nSPS) is 11.3. The second-order valence-electron chi connectivity index (χ2n) is 4.63. The number of rotatable bonds is 1. The molecule has 0 radical (unpaired) electrons. The number of nitrogens with two attached hydrogens (primary N) is 1. The van der Waals surface area contributed by atoms with E-state index in [0.29, 0.717) is 5.82 Å². The molecule has 3 rings (SSSR count). The van der Waals surface area contributed by atoms with Gasteiger partial charge in [0, 0.05) is 10.4 Å². The van der Waals surface area contributed by atoms with E-state index in [9.17, 15) is 0 Å². The van der Waals surface area contributed by atoms with E-state index < -0.39 is 0 Å². The van der Waals surface area contributed by atoms with Crippen molar-refractivity contribution >= 4 is 22.1 Å². The molecule has 0 aliphatic heterocycles. The zero-order chi connectivity index (χ0) is 12.9. The average Bonchev–Trinajstić information content (AvgIpc) is 2.80. The number of hydrogen-bond donors (Lipinski definition) is 1. The van der Waals surface area contributed by atoms with Gasteiger partial charge in [-0.15, -0.1) is 11.3 Å². The highest BCUT2D eigenvalue weighted by molar-refractivity contribution is 7.17. The Balaban J connectivity index is 2.36. The Morgan fingerprint density at radius 1 is 1.22 bits per heavy atom. The van der Waals surface area contributed by atoms with Gasteiger partial charge in [0.05, 0.1) is 11.9 Å². The third-order valence-electron chi connectivity index (χ3n) is 3.20. The first-order valence-electron chi connectivity index (χ1n) is 5.88. The topological polar surface area (TPSA) is 43.3 Å². The van der Waals surface area contributed by atoms with Crippen molar-refractivity contribution in [2.24, 2.45) is 0 Å². The summed E-state index contributed by atoms with van der Waals surface area (Å²) in [4.78, 5) is 6.53. The van der Waals surface area contributed by atoms with E-state index in [0.717, 1.165) is 4.96 Å². The minimum absolute atomic E-state index is 0.698. The number of fused-ring (bicyclic) bond motifs is 1. The van der Waals surface area contributed by atoms with Crippen LogP contribution in [0.25, 0.3) is 16.2 Å². The summed E-state index contributed by atoms with van der Waals surface area (Å²) in [6, 6.07) is 6.50. The molecule has 0 saturated heterocycles. The molecular weight excluding hydrogens is 242 g/mol. The van der Waals surface area contributed by atoms with Crippen LogP contribution in [0.2, 0.25) is 0 Å². The van der Waals surface area contributed by atoms with Crippen LogP contribution in [0.1, 0.15) is 16.0 Å². The maximum atomic E-state index is 6.01. The van der Waals surface area contributed by atoms with Crippen LogP contribution in [-0.2, 0) is 0 Å². The van der Waals surface area contributed by atoms with E-state index in [4.69, 9.17) is 5.73 Å². The SMILES string of the molecule is Cc1ccc(-c2c(C)sc3ncc(N)n23)c(C)c1. The Morgan fingerprint density at radius 3 is 2.72 bits per heavy atom. The van der Waals surface area contributed by atoms with Crippen molar-refractivity contribution in [1.82, 2.24) is 9.38 Å². The lowest BCUT2D eigenvalue weighted by atomic mass is 10.0. The average molecular weight is 257 g/mol. The highest BCUT2D eigenvalue weighted by Crippen LogP contribution is 2.34. The van der Waals surface area contributed by atoms with Crippen molar-refractivity contribution in [2.45, 2.75) is 20.8 Å². The number of hydrogen-bond acceptors (Lipinski definition) is 3. The number of nitrogens with zero attached hydrogens (tertiary/aromatic N) is 2. The Kier molecular flexibility index (Phi) is 2.41. The molecule has 4 heteroatoms. The van der Waals surface area contributed by atoms with Crippen LogP contribution in [0, 0.1) is 20.8 Å². The van der Waals surface area contributed by atoms with Gasteiger partial charge in [0.2, 0.25) is 0 Å². The van der Waals surface area contributed by atoms with Crippen molar-refractivity contribution in [3.05, 3.63) is 40.4 Å². The van der Waals surface area contributed by atoms with E-state index in [1.165, 1.54) is 27.3 Å². The van der Waals surface area contributed by atoms with E-state index >= 15 is 0 Å². The van der Waals surface area contributed by atoms with Gasteiger partial charge in [0.1, 0.15) is 5.82 Å². The van der Waals surface area contributed by atoms with Gasteiger partial charge in [-0.05, 0) is 26.3 Å². The minimum atomic E-state index is 0.698. The van der Waals surface area contributed by atoms with Gasteiger partial charge in [-0.25, -0.2) is 4.98 Å². The summed E-state index contributed by atoms with van der Waals surface area (Å²) in [7, 11) is 0. The summed E-state index contributed by atoms with van der Waals surface area (Å²) in [5.41, 5.74) is 11.0. The van der Waals surface area contributed by atoms with E-state index in [-0.39, 0.29) is 0 Å². The highest BCUT2D eigenvalue weighted by Gasteiger charge is 2.15. The molecule has 2 aromatic heterocycles. The minimum Gasteiger partial charge on any atom is -0.383 e. The third kappa shape index (κ3) is 1.53. The van der Waals surface area contributed by atoms with Gasteiger partial charge in [0.15, 0.2) is 4.96 Å². The summed E-state index contributed by atoms with van der Waals surface area (Å²) in [6.45, 7) is 6.37. The lowest BCUT2D eigenvalue weighted by molar-refractivity contribution is 1.21. The maximum absolute atomic E-state index is 6.01. The fourth-order valence-electron chi connectivity index (χ4n) is 2.38. The second kappa shape index (κ2) is 3.85. The lowest BCUT2D eigenvalue weighted by Crippen LogP contribution is -1.95. The standard InChI is InChI=1S/C14H15N3S/c1-8-4-5-11(9(2)6-8)13-10(3)18-14-16-7-12(15)17(13)14/h4-7H,15H2,1-3H3. The first-order valence-corrected chi connectivity index (χ1v) is 6.69. The largest absolute Gasteiger partial charge is 0.383 e. The fraction of sp³-hybridized carbons (Fsp3) is 0.214. The fourth-order valence-corrected chi connectivity index (χ4v) is 3.34. The van der Waals surface area contributed by atoms with E-state index in [1.54, 1.807) is 17.5 Å². The molecule has 92 valence electrons. The Labute approximate surface area is 110 Å². The maximum Gasteiger partial charge on any atom is 0.196 e. The summed E-state index contributed by atoms with van der Waals surface area (Å²) in [6.07, 6.45) is 1.72. The Morgan fingerprint density at radius 2 is 2.00 bits per heavy atom. The molecule has 0 bridgehead atoms. The molecule has 2 heterocycles. The van der Waals surface area contributed by atoms with Crippen LogP contribution in [0.4, 0.5) is 5.82 Å². The van der Waals surface area contributed by atoms with Crippen molar-refractivity contribution in [3.63, 3.8) is 0 Å². The van der Waals surface area contributed by atoms with Gasteiger partial charge in [-0.3, -0.25) is 4.40 Å². The summed E-state index contributed by atoms with van der Waals surface area (Å²) in [5.74, 6) is 0.698. The van der Waals surface area contributed by atoms with Crippen LogP contribution < -0.4 is 5.73 Å². The van der Waals surface area contributed by atoms with Gasteiger partial charge >= 0.3 is 0 Å². The summed E-state index contributed by atoms with van der Waals surface area (Å²) in [5, 5.41) is 0. The summed E-state index contributed by atoms with van der Waals surface area (Å²) >= 11 is 1.68. The molecule has 1 aromatic carbocycles. The van der Waals surface area contributed by atoms with Gasteiger partial charge in [-0.2, -0.15) is 0 Å². The number of anilines is 1. The first-order chi connectivity index (χ1) is 8.58. The van der Waals surface area contributed by atoms with E-state index in [1.807, 2.05) is 4.40 Å². The van der Waals surface area contributed by atoms with Crippen molar-refractivity contribution < 1.29 is 0 Å². The first kappa shape index (κ1) is 11.3. The molecule has 0 fully saturated rings. The van der Waals surface area contributed by atoms with Crippen LogP contribution in [0.5, 0.6) is 0 Å². The Hall–Kier alpha value is -1.81. The van der Waals surface area contributed by atoms with Gasteiger partial charge < -0.3 is 5.73 Å². The zero-order valence-electron chi connectivity index (χ0n) is 10.7. The molecular formula is C14H15N3S. The molecule has 0 saturated carbocycles. The van der Waals surface area contributed by atoms with Crippen LogP contribution in [0.15, 0.2) is 24.4 Å².